The first-order valence-electron chi connectivity index (χ1n) is 17.6. The Morgan fingerprint density at radius 3 is 1.88 bits per heavy atom. The van der Waals surface area contributed by atoms with Crippen molar-refractivity contribution in [3.05, 3.63) is 115 Å². The molecule has 49 heavy (non-hydrogen) atoms. The molecule has 2 amide bonds. The lowest BCUT2D eigenvalue weighted by Crippen LogP contribution is -2.42. The van der Waals surface area contributed by atoms with Crippen LogP contribution in [0.25, 0.3) is 10.8 Å². The van der Waals surface area contributed by atoms with Crippen LogP contribution in [0.1, 0.15) is 96.0 Å². The van der Waals surface area contributed by atoms with Gasteiger partial charge in [0, 0.05) is 13.0 Å². The van der Waals surface area contributed by atoms with Crippen molar-refractivity contribution < 1.29 is 24.2 Å². The van der Waals surface area contributed by atoms with Crippen LogP contribution in [0.15, 0.2) is 109 Å². The second-order valence-electron chi connectivity index (χ2n) is 11.9. The standard InChI is InChI=1S/C42H56N2O5/c1-4-5-6-7-8-9-10-11-12-13-14-15-16-17-18-19-20-21-22-26-40(45)43-31-24-23-25-39(42(47)48)44-41(46)34(2)35-27-28-37-33-38(49-3)30-29-36(37)32-35/h5-6,8-9,11-12,14-15,17-18,20-21,27-30,32-34,39H,4,7,10,13,16,19,22-26,31H2,1-3H3,(H,43,45)(H,44,46)(H,47,48)/t34-,39?/m0/s1. The Balaban J connectivity index is 1.55. The molecule has 0 aliphatic rings. The number of nitrogens with one attached hydrogen (secondary N) is 2. The fraction of sp³-hybridized carbons (Fsp3) is 0.405. The van der Waals surface area contributed by atoms with E-state index in [0.29, 0.717) is 38.6 Å². The number of carboxylic acid groups (broad SMARTS) is 1. The van der Waals surface area contributed by atoms with Crippen LogP contribution in [-0.2, 0) is 14.4 Å². The van der Waals surface area contributed by atoms with Gasteiger partial charge in [0.2, 0.25) is 11.8 Å². The Morgan fingerprint density at radius 1 is 0.755 bits per heavy atom. The van der Waals surface area contributed by atoms with Gasteiger partial charge in [-0.25, -0.2) is 4.79 Å². The molecule has 0 aliphatic carbocycles. The molecule has 3 N–H and O–H groups in total. The second-order valence-corrected chi connectivity index (χ2v) is 11.9. The molecule has 7 nitrogen and oxygen atoms in total. The fourth-order valence-electron chi connectivity index (χ4n) is 4.99. The van der Waals surface area contributed by atoms with Gasteiger partial charge in [0.25, 0.3) is 0 Å². The van der Waals surface area contributed by atoms with E-state index in [1.54, 1.807) is 14.0 Å². The van der Waals surface area contributed by atoms with Crippen molar-refractivity contribution in [1.29, 1.82) is 0 Å². The zero-order valence-electron chi connectivity index (χ0n) is 29.6. The number of ether oxygens (including phenoxy) is 1. The van der Waals surface area contributed by atoms with E-state index in [1.807, 2.05) is 42.5 Å². The average molecular weight is 669 g/mol. The number of allylic oxidation sites excluding steroid dienone is 12. The van der Waals surface area contributed by atoms with Gasteiger partial charge in [0.1, 0.15) is 11.8 Å². The van der Waals surface area contributed by atoms with E-state index in [4.69, 9.17) is 4.74 Å². The lowest BCUT2D eigenvalue weighted by atomic mass is 9.96. The van der Waals surface area contributed by atoms with E-state index in [2.05, 4.69) is 84.4 Å². The summed E-state index contributed by atoms with van der Waals surface area (Å²) in [6.07, 6.45) is 34.2. The van der Waals surface area contributed by atoms with Crippen LogP contribution in [0.2, 0.25) is 0 Å². The minimum Gasteiger partial charge on any atom is -0.497 e. The largest absolute Gasteiger partial charge is 0.497 e. The van der Waals surface area contributed by atoms with E-state index in [9.17, 15) is 19.5 Å². The Labute approximate surface area is 293 Å². The Bertz CT molecular complexity index is 1470. The molecule has 0 saturated heterocycles. The van der Waals surface area contributed by atoms with E-state index in [0.717, 1.165) is 60.6 Å². The Morgan fingerprint density at radius 2 is 1.31 bits per heavy atom. The van der Waals surface area contributed by atoms with Gasteiger partial charge < -0.3 is 20.5 Å². The predicted molar refractivity (Wildman–Crippen MR) is 203 cm³/mol. The van der Waals surface area contributed by atoms with E-state index in [1.165, 1.54) is 0 Å². The van der Waals surface area contributed by atoms with Gasteiger partial charge in [-0.05, 0) is 99.6 Å². The lowest BCUT2D eigenvalue weighted by molar-refractivity contribution is -0.142. The molecule has 1 unspecified atom stereocenters. The number of hydrogen-bond donors (Lipinski definition) is 3. The summed E-state index contributed by atoms with van der Waals surface area (Å²) in [5, 5.41) is 17.2. The molecule has 0 aliphatic heterocycles. The van der Waals surface area contributed by atoms with E-state index in [-0.39, 0.29) is 11.8 Å². The summed E-state index contributed by atoms with van der Waals surface area (Å²) in [6.45, 7) is 4.39. The van der Waals surface area contributed by atoms with Gasteiger partial charge in [-0.1, -0.05) is 104 Å². The first kappa shape index (κ1) is 40.5. The maximum Gasteiger partial charge on any atom is 0.326 e. The third-order valence-corrected chi connectivity index (χ3v) is 7.96. The topological polar surface area (TPSA) is 105 Å². The van der Waals surface area contributed by atoms with E-state index >= 15 is 0 Å². The number of carboxylic acids is 1. The molecule has 2 rings (SSSR count). The van der Waals surface area contributed by atoms with Crippen LogP contribution in [0.3, 0.4) is 0 Å². The van der Waals surface area contributed by atoms with Crippen molar-refractivity contribution in [2.45, 2.75) is 96.4 Å². The monoisotopic (exact) mass is 668 g/mol. The number of benzene rings is 2. The quantitative estimate of drug-likeness (QED) is 0.0764. The SMILES string of the molecule is CCC=CCC=CCC=CCC=CCC=CCC=CCCC(=O)NCCCCC(NC(=O)[C@@H](C)c1ccc2cc(OC)ccc2c1)C(=O)O. The van der Waals surface area contributed by atoms with Crippen molar-refractivity contribution in [2.75, 3.05) is 13.7 Å². The zero-order valence-corrected chi connectivity index (χ0v) is 29.6. The minimum atomic E-state index is -1.06. The highest BCUT2D eigenvalue weighted by Crippen LogP contribution is 2.25. The summed E-state index contributed by atoms with van der Waals surface area (Å²) in [6, 6.07) is 10.5. The first-order valence-corrected chi connectivity index (χ1v) is 17.6. The molecule has 0 fully saturated rings. The summed E-state index contributed by atoms with van der Waals surface area (Å²) in [4.78, 5) is 36.9. The lowest BCUT2D eigenvalue weighted by Gasteiger charge is -2.18. The van der Waals surface area contributed by atoms with Crippen LogP contribution in [-0.4, -0.2) is 42.6 Å². The van der Waals surface area contributed by atoms with Crippen LogP contribution in [0.5, 0.6) is 5.75 Å². The molecule has 0 bridgehead atoms. The van der Waals surface area contributed by atoms with Crippen LogP contribution >= 0.6 is 0 Å². The Hall–Kier alpha value is -4.65. The van der Waals surface area contributed by atoms with Crippen LogP contribution < -0.4 is 15.4 Å². The minimum absolute atomic E-state index is 0.0229. The number of unbranched alkanes of at least 4 members (excludes halogenated alkanes) is 1. The summed E-state index contributed by atoms with van der Waals surface area (Å²) >= 11 is 0. The Kier molecular flexibility index (Phi) is 21.0. The van der Waals surface area contributed by atoms with Gasteiger partial charge in [-0.3, -0.25) is 9.59 Å². The molecule has 2 aromatic rings. The van der Waals surface area contributed by atoms with Gasteiger partial charge in [-0.15, -0.1) is 0 Å². The maximum atomic E-state index is 12.9. The third-order valence-electron chi connectivity index (χ3n) is 7.96. The molecule has 2 atom stereocenters. The van der Waals surface area contributed by atoms with Crippen molar-refractivity contribution in [2.24, 2.45) is 0 Å². The fourth-order valence-corrected chi connectivity index (χ4v) is 4.99. The zero-order chi connectivity index (χ0) is 35.5. The van der Waals surface area contributed by atoms with Crippen molar-refractivity contribution in [3.8, 4) is 5.75 Å². The summed E-state index contributed by atoms with van der Waals surface area (Å²) in [7, 11) is 1.62. The third kappa shape index (κ3) is 17.9. The summed E-state index contributed by atoms with van der Waals surface area (Å²) in [5.41, 5.74) is 0.811. The van der Waals surface area contributed by atoms with E-state index < -0.39 is 17.9 Å². The second kappa shape index (κ2) is 25.4. The van der Waals surface area contributed by atoms with Crippen molar-refractivity contribution >= 4 is 28.6 Å². The number of fused-ring (bicyclic) bond motifs is 1. The molecule has 7 heteroatoms. The number of carbonyl (C=O) groups excluding carboxylic acids is 2. The highest BCUT2D eigenvalue weighted by Gasteiger charge is 2.23. The molecule has 0 aromatic heterocycles. The molecular weight excluding hydrogens is 612 g/mol. The highest BCUT2D eigenvalue weighted by molar-refractivity contribution is 5.90. The first-order chi connectivity index (χ1) is 23.8. The van der Waals surface area contributed by atoms with Crippen molar-refractivity contribution in [3.63, 3.8) is 0 Å². The molecular formula is C42H56N2O5. The smallest absolute Gasteiger partial charge is 0.326 e. The normalized spacial score (nSPS) is 13.4. The van der Waals surface area contributed by atoms with Crippen molar-refractivity contribution in [1.82, 2.24) is 10.6 Å². The average Bonchev–Trinajstić information content (AvgIpc) is 3.10. The predicted octanol–water partition coefficient (Wildman–Crippen LogP) is 9.29. The molecule has 2 aromatic carbocycles. The van der Waals surface area contributed by atoms with Gasteiger partial charge in [0.15, 0.2) is 0 Å². The molecule has 0 heterocycles. The maximum absolute atomic E-state index is 12.9. The number of hydrogen-bond acceptors (Lipinski definition) is 4. The molecule has 0 spiro atoms. The van der Waals surface area contributed by atoms with Gasteiger partial charge >= 0.3 is 5.97 Å². The highest BCUT2D eigenvalue weighted by atomic mass is 16.5. The number of methoxy groups -OCH3 is 1. The van der Waals surface area contributed by atoms with Gasteiger partial charge in [-0.2, -0.15) is 0 Å². The van der Waals surface area contributed by atoms with Crippen LogP contribution in [0.4, 0.5) is 0 Å². The molecule has 0 saturated carbocycles. The number of aliphatic carboxylic acids is 1. The molecule has 0 radical (unpaired) electrons. The van der Waals surface area contributed by atoms with Gasteiger partial charge in [0.05, 0.1) is 13.0 Å². The number of amides is 2. The number of carbonyl (C=O) groups is 3. The number of rotatable bonds is 24. The summed E-state index contributed by atoms with van der Waals surface area (Å²) in [5.74, 6) is -1.16. The van der Waals surface area contributed by atoms with Crippen LogP contribution in [0, 0.1) is 0 Å². The molecule has 264 valence electrons. The summed E-state index contributed by atoms with van der Waals surface area (Å²) < 4.78 is 5.27.